The Morgan fingerprint density at radius 2 is 2.43 bits per heavy atom. The minimum atomic E-state index is 0. The summed E-state index contributed by atoms with van der Waals surface area (Å²) < 4.78 is 5.12. The van der Waals surface area contributed by atoms with Gasteiger partial charge in [0.25, 0.3) is 0 Å². The molecule has 0 saturated carbocycles. The summed E-state index contributed by atoms with van der Waals surface area (Å²) in [5, 5.41) is 2.44. The molecule has 0 aliphatic heterocycles. The van der Waals surface area contributed by atoms with E-state index in [1.807, 2.05) is 0 Å². The maximum absolute atomic E-state index is 4.60. The summed E-state index contributed by atoms with van der Waals surface area (Å²) in [6.07, 6.45) is 1.50. The molecule has 0 bridgehead atoms. The molecule has 0 atom stereocenters. The Hall–Kier alpha value is -0.610. The van der Waals surface area contributed by atoms with E-state index in [4.69, 9.17) is 0 Å². The molecule has 0 aromatic carbocycles. The van der Waals surface area contributed by atoms with Crippen LogP contribution in [0.2, 0.25) is 0 Å². The number of hydrogen-bond acceptors (Lipinski definition) is 3. The van der Waals surface area contributed by atoms with Crippen molar-refractivity contribution < 1.29 is 4.52 Å². The van der Waals surface area contributed by atoms with Crippen molar-refractivity contribution in [3.8, 4) is 0 Å². The lowest BCUT2D eigenvalue weighted by Gasteiger charge is -1.56. The maximum Gasteiger partial charge on any atom is 0.137 e. The fourth-order valence-corrected chi connectivity index (χ4v) is 0.326. The number of hydrogen-bond donors (Lipinski definition) is 2. The Morgan fingerprint density at radius 1 is 1.71 bits per heavy atom. The lowest BCUT2D eigenvalue weighted by molar-refractivity contribution is 0.417. The van der Waals surface area contributed by atoms with E-state index in [1.54, 1.807) is 6.07 Å². The summed E-state index contributed by atoms with van der Waals surface area (Å²) in [6, 6.07) is 1.68. The number of nitrogens with one attached hydrogen (secondary N) is 1. The van der Waals surface area contributed by atoms with Crippen LogP contribution in [0.5, 0.6) is 0 Å². The number of H-pyrrole nitrogens is 1. The van der Waals surface area contributed by atoms with Gasteiger partial charge in [0.2, 0.25) is 0 Å². The lowest BCUT2D eigenvalue weighted by atomic mass is 10.8. The van der Waals surface area contributed by atoms with Crippen LogP contribution in [0.15, 0.2) is 16.9 Å². The molecule has 1 heterocycles. The van der Waals surface area contributed by atoms with Gasteiger partial charge >= 0.3 is 0 Å². The molecule has 0 fully saturated rings. The van der Waals surface area contributed by atoms with Gasteiger partial charge in [0, 0.05) is 6.07 Å². The van der Waals surface area contributed by atoms with Crippen LogP contribution in [-0.2, 0) is 0 Å². The van der Waals surface area contributed by atoms with Crippen LogP contribution in [0.1, 0.15) is 0 Å². The topological polar surface area (TPSA) is 63.9 Å². The molecule has 1 aromatic heterocycles. The third kappa shape index (κ3) is 1.52. The number of aromatic nitrogens is 1. The molecule has 0 amide bonds. The van der Waals surface area contributed by atoms with E-state index < -0.39 is 0 Å². The summed E-state index contributed by atoms with van der Waals surface area (Å²) >= 11 is 4.60. The molecule has 0 unspecified atom stereocenters. The zero-order valence-electron chi connectivity index (χ0n) is 3.68. The lowest BCUT2D eigenvalue weighted by Crippen LogP contribution is -1.47. The van der Waals surface area contributed by atoms with Gasteiger partial charge in [-0.2, -0.15) is 0 Å². The first-order valence-corrected chi connectivity index (χ1v) is 1.92. The van der Waals surface area contributed by atoms with Crippen LogP contribution >= 0.6 is 12.2 Å². The Bertz CT molecular complexity index is 151. The molecule has 1 rings (SSSR count). The Labute approximate surface area is 45.9 Å². The molecule has 1 aromatic rings. The predicted molar refractivity (Wildman–Crippen MR) is 28.9 cm³/mol. The average Bonchev–Trinajstić information content (AvgIpc) is 1.86. The third-order valence-corrected chi connectivity index (χ3v) is 0.666. The summed E-state index contributed by atoms with van der Waals surface area (Å²) in [5.74, 6) is 0. The fourth-order valence-electron chi connectivity index (χ4n) is 0.222. The van der Waals surface area contributed by atoms with Crippen LogP contribution in [0.25, 0.3) is 0 Å². The zero-order valence-corrected chi connectivity index (χ0v) is 4.49. The van der Waals surface area contributed by atoms with Crippen molar-refractivity contribution in [2.45, 2.75) is 0 Å². The molecule has 4 heteroatoms. The SMILES string of the molecule is N.S=c1cco[nH]1. The van der Waals surface area contributed by atoms with Crippen LogP contribution in [0.4, 0.5) is 0 Å². The summed E-state index contributed by atoms with van der Waals surface area (Å²) in [4.78, 5) is 0. The second kappa shape index (κ2) is 2.54. The molecule has 0 radical (unpaired) electrons. The molecule has 40 valence electrons. The van der Waals surface area contributed by atoms with Gasteiger partial charge in [0.05, 0.1) is 0 Å². The van der Waals surface area contributed by atoms with E-state index in [-0.39, 0.29) is 6.15 Å². The molecule has 0 spiro atoms. The molecular formula is C3H6N2OS. The van der Waals surface area contributed by atoms with Crippen LogP contribution in [0, 0.1) is 4.64 Å². The van der Waals surface area contributed by atoms with Crippen molar-refractivity contribution >= 4 is 12.2 Å². The fraction of sp³-hybridized carbons (Fsp3) is 0. The minimum absolute atomic E-state index is 0. The van der Waals surface area contributed by atoms with Crippen LogP contribution < -0.4 is 6.15 Å². The van der Waals surface area contributed by atoms with Crippen molar-refractivity contribution in [2.24, 2.45) is 0 Å². The largest absolute Gasteiger partial charge is 0.389 e. The van der Waals surface area contributed by atoms with Crippen molar-refractivity contribution in [2.75, 3.05) is 0 Å². The van der Waals surface area contributed by atoms with Gasteiger partial charge in [-0.15, -0.1) is 0 Å². The third-order valence-electron chi connectivity index (χ3n) is 0.447. The highest BCUT2D eigenvalue weighted by atomic mass is 32.1. The molecule has 4 N–H and O–H groups in total. The quantitative estimate of drug-likeness (QED) is 0.507. The van der Waals surface area contributed by atoms with Gasteiger partial charge in [-0.1, -0.05) is 12.2 Å². The second-order valence-electron chi connectivity index (χ2n) is 0.887. The predicted octanol–water partition coefficient (Wildman–Crippen LogP) is 1.50. The van der Waals surface area contributed by atoms with Gasteiger partial charge in [0.1, 0.15) is 10.9 Å². The summed E-state index contributed by atoms with van der Waals surface area (Å²) in [6.45, 7) is 0. The van der Waals surface area contributed by atoms with Gasteiger partial charge < -0.3 is 10.7 Å². The number of aromatic amines is 1. The highest BCUT2D eigenvalue weighted by molar-refractivity contribution is 7.71. The molecule has 3 nitrogen and oxygen atoms in total. The van der Waals surface area contributed by atoms with E-state index in [0.29, 0.717) is 4.64 Å². The van der Waals surface area contributed by atoms with Gasteiger partial charge in [-0.05, 0) is 0 Å². The average molecular weight is 118 g/mol. The zero-order chi connectivity index (χ0) is 4.41. The Kier molecular flexibility index (Phi) is 2.32. The van der Waals surface area contributed by atoms with Gasteiger partial charge in [-0.3, -0.25) is 0 Å². The van der Waals surface area contributed by atoms with Crippen molar-refractivity contribution in [3.63, 3.8) is 0 Å². The van der Waals surface area contributed by atoms with Crippen molar-refractivity contribution in [3.05, 3.63) is 17.0 Å². The second-order valence-corrected chi connectivity index (χ2v) is 1.33. The Morgan fingerprint density at radius 3 is 2.57 bits per heavy atom. The highest BCUT2D eigenvalue weighted by Gasteiger charge is 1.68. The van der Waals surface area contributed by atoms with Crippen molar-refractivity contribution in [1.29, 1.82) is 0 Å². The molecule has 0 saturated heterocycles. The van der Waals surface area contributed by atoms with Crippen molar-refractivity contribution in [1.82, 2.24) is 11.3 Å². The molecule has 7 heavy (non-hydrogen) atoms. The van der Waals surface area contributed by atoms with Gasteiger partial charge in [-0.25, -0.2) is 5.16 Å². The molecule has 0 aliphatic rings. The number of rotatable bonds is 0. The van der Waals surface area contributed by atoms with Crippen LogP contribution in [-0.4, -0.2) is 5.16 Å². The first-order chi connectivity index (χ1) is 2.89. The monoisotopic (exact) mass is 118 g/mol. The first kappa shape index (κ1) is 6.39. The van der Waals surface area contributed by atoms with E-state index >= 15 is 0 Å². The highest BCUT2D eigenvalue weighted by Crippen LogP contribution is 1.80. The maximum atomic E-state index is 4.60. The molecular weight excluding hydrogens is 112 g/mol. The van der Waals surface area contributed by atoms with E-state index in [0.717, 1.165) is 0 Å². The molecule has 0 aliphatic carbocycles. The Balaban J connectivity index is 0.000000360. The van der Waals surface area contributed by atoms with Gasteiger partial charge in [0.15, 0.2) is 0 Å². The first-order valence-electron chi connectivity index (χ1n) is 1.52. The summed E-state index contributed by atoms with van der Waals surface area (Å²) in [5.41, 5.74) is 0. The van der Waals surface area contributed by atoms with E-state index in [9.17, 15) is 0 Å². The van der Waals surface area contributed by atoms with E-state index in [2.05, 4.69) is 21.9 Å². The normalized spacial score (nSPS) is 7.43. The minimum Gasteiger partial charge on any atom is -0.389 e. The van der Waals surface area contributed by atoms with Crippen LogP contribution in [0.3, 0.4) is 0 Å². The standard InChI is InChI=1S/C3H3NOS.H3N/c6-3-1-2-5-4-3;/h1-2H,(H,4,6);1H3. The summed E-state index contributed by atoms with van der Waals surface area (Å²) in [7, 11) is 0. The van der Waals surface area contributed by atoms with E-state index in [1.165, 1.54) is 6.26 Å². The smallest absolute Gasteiger partial charge is 0.137 e.